The zero-order chi connectivity index (χ0) is 20.4. The lowest BCUT2D eigenvalue weighted by Crippen LogP contribution is -2.54. The number of nitrogens with two attached hydrogens (primary N) is 2. The van der Waals surface area contributed by atoms with Crippen molar-refractivity contribution in [2.75, 3.05) is 6.54 Å². The van der Waals surface area contributed by atoms with Crippen LogP contribution in [0, 0.1) is 5.92 Å². The van der Waals surface area contributed by atoms with Crippen LogP contribution in [0.4, 0.5) is 0 Å². The molecule has 0 rings (SSSR count). The topological polar surface area (TPSA) is 194 Å². The molecule has 26 heavy (non-hydrogen) atoms. The molecule has 11 nitrogen and oxygen atoms in total. The Kier molecular flexibility index (Phi) is 9.89. The Balaban J connectivity index is 4.92. The molecule has 148 valence electrons. The van der Waals surface area contributed by atoms with E-state index in [1.54, 1.807) is 13.8 Å². The van der Waals surface area contributed by atoms with Crippen LogP contribution in [0.15, 0.2) is 0 Å². The average molecular weight is 373 g/mol. The summed E-state index contributed by atoms with van der Waals surface area (Å²) >= 11 is 0. The van der Waals surface area contributed by atoms with Crippen molar-refractivity contribution in [2.45, 2.75) is 51.7 Å². The van der Waals surface area contributed by atoms with E-state index in [0.29, 0.717) is 0 Å². The normalized spacial score (nSPS) is 14.0. The molecule has 0 aliphatic carbocycles. The van der Waals surface area contributed by atoms with Gasteiger partial charge in [-0.1, -0.05) is 13.8 Å². The number of amides is 4. The zero-order valence-electron chi connectivity index (χ0n) is 15.1. The maximum atomic E-state index is 12.3. The second kappa shape index (κ2) is 11.0. The summed E-state index contributed by atoms with van der Waals surface area (Å²) in [6.45, 7) is 4.53. The third-order valence-electron chi connectivity index (χ3n) is 3.22. The first-order valence-electron chi connectivity index (χ1n) is 8.08. The molecule has 0 saturated heterocycles. The Morgan fingerprint density at radius 1 is 0.962 bits per heavy atom. The van der Waals surface area contributed by atoms with E-state index in [9.17, 15) is 24.0 Å². The van der Waals surface area contributed by atoms with Crippen molar-refractivity contribution >= 4 is 29.6 Å². The van der Waals surface area contributed by atoms with E-state index in [-0.39, 0.29) is 12.3 Å². The van der Waals surface area contributed by atoms with Gasteiger partial charge in [-0.2, -0.15) is 0 Å². The van der Waals surface area contributed by atoms with Gasteiger partial charge in [0.05, 0.1) is 19.0 Å². The summed E-state index contributed by atoms with van der Waals surface area (Å²) in [4.78, 5) is 57.8. The molecule has 11 heteroatoms. The molecule has 0 heterocycles. The van der Waals surface area contributed by atoms with Crippen LogP contribution in [0.5, 0.6) is 0 Å². The number of hydrogen-bond donors (Lipinski definition) is 6. The lowest BCUT2D eigenvalue weighted by atomic mass is 10.0. The first-order valence-corrected chi connectivity index (χ1v) is 8.08. The van der Waals surface area contributed by atoms with E-state index >= 15 is 0 Å². The standard InChI is InChI=1S/C15H27N5O6/c1-7(2)4-10(15(25)26)20-14(24)9(5-11(17)21)19-12(22)6-18-13(23)8(3)16/h7-10H,4-6,16H2,1-3H3,(H2,17,21)(H,18,23)(H,19,22)(H,20,24)(H,25,26). The van der Waals surface area contributed by atoms with Crippen LogP contribution in [0.2, 0.25) is 0 Å². The van der Waals surface area contributed by atoms with Crippen LogP contribution in [-0.4, -0.2) is 59.4 Å². The van der Waals surface area contributed by atoms with E-state index < -0.39 is 60.7 Å². The van der Waals surface area contributed by atoms with E-state index in [2.05, 4.69) is 16.0 Å². The molecule has 3 unspecified atom stereocenters. The van der Waals surface area contributed by atoms with E-state index in [1.807, 2.05) is 0 Å². The molecule has 0 aromatic rings. The summed E-state index contributed by atoms with van der Waals surface area (Å²) in [5, 5.41) is 15.9. The van der Waals surface area contributed by atoms with Gasteiger partial charge in [-0.15, -0.1) is 0 Å². The summed E-state index contributed by atoms with van der Waals surface area (Å²) < 4.78 is 0. The quantitative estimate of drug-likeness (QED) is 0.229. The summed E-state index contributed by atoms with van der Waals surface area (Å²) in [7, 11) is 0. The van der Waals surface area contributed by atoms with Crippen molar-refractivity contribution < 1.29 is 29.1 Å². The monoisotopic (exact) mass is 373 g/mol. The molecule has 0 aromatic heterocycles. The van der Waals surface area contributed by atoms with Gasteiger partial charge in [-0.05, 0) is 19.3 Å². The molecule has 0 saturated carbocycles. The van der Waals surface area contributed by atoms with Gasteiger partial charge in [0.15, 0.2) is 0 Å². The highest BCUT2D eigenvalue weighted by Gasteiger charge is 2.28. The summed E-state index contributed by atoms with van der Waals surface area (Å²) in [5.74, 6) is -4.28. The summed E-state index contributed by atoms with van der Waals surface area (Å²) in [6, 6.07) is -3.35. The van der Waals surface area contributed by atoms with E-state index in [4.69, 9.17) is 16.6 Å². The average Bonchev–Trinajstić information content (AvgIpc) is 2.49. The fraction of sp³-hybridized carbons (Fsp3) is 0.667. The second-order valence-corrected chi connectivity index (χ2v) is 6.33. The van der Waals surface area contributed by atoms with Crippen molar-refractivity contribution in [1.82, 2.24) is 16.0 Å². The lowest BCUT2D eigenvalue weighted by Gasteiger charge is -2.21. The predicted molar refractivity (Wildman–Crippen MR) is 91.4 cm³/mol. The summed E-state index contributed by atoms with van der Waals surface area (Å²) in [5.41, 5.74) is 10.4. The zero-order valence-corrected chi connectivity index (χ0v) is 15.1. The van der Waals surface area contributed by atoms with Crippen LogP contribution in [0.25, 0.3) is 0 Å². The Morgan fingerprint density at radius 3 is 1.96 bits per heavy atom. The number of carbonyl (C=O) groups is 5. The Morgan fingerprint density at radius 2 is 1.54 bits per heavy atom. The Labute approximate surface area is 151 Å². The number of carboxylic acids is 1. The van der Waals surface area contributed by atoms with Gasteiger partial charge in [0.2, 0.25) is 23.6 Å². The minimum Gasteiger partial charge on any atom is -0.480 e. The number of carbonyl (C=O) groups excluding carboxylic acids is 4. The van der Waals surface area contributed by atoms with Gasteiger partial charge in [0.25, 0.3) is 0 Å². The van der Waals surface area contributed by atoms with Crippen LogP contribution in [-0.2, 0) is 24.0 Å². The van der Waals surface area contributed by atoms with Crippen LogP contribution >= 0.6 is 0 Å². The molecule has 3 atom stereocenters. The Hall–Kier alpha value is -2.69. The SMILES string of the molecule is CC(C)CC(NC(=O)C(CC(N)=O)NC(=O)CNC(=O)C(C)N)C(=O)O. The molecule has 0 fully saturated rings. The number of aliphatic carboxylic acids is 1. The first-order chi connectivity index (χ1) is 11.9. The van der Waals surface area contributed by atoms with Gasteiger partial charge in [0, 0.05) is 0 Å². The Bertz CT molecular complexity index is 549. The number of hydrogen-bond acceptors (Lipinski definition) is 6. The molecular weight excluding hydrogens is 346 g/mol. The molecule has 0 radical (unpaired) electrons. The fourth-order valence-corrected chi connectivity index (χ4v) is 1.95. The molecular formula is C15H27N5O6. The van der Waals surface area contributed by atoms with Crippen LogP contribution in [0.3, 0.4) is 0 Å². The van der Waals surface area contributed by atoms with Crippen molar-refractivity contribution in [1.29, 1.82) is 0 Å². The third-order valence-corrected chi connectivity index (χ3v) is 3.22. The maximum absolute atomic E-state index is 12.3. The highest BCUT2D eigenvalue weighted by molar-refractivity contribution is 5.94. The van der Waals surface area contributed by atoms with Crippen LogP contribution in [0.1, 0.15) is 33.6 Å². The van der Waals surface area contributed by atoms with E-state index in [0.717, 1.165) is 0 Å². The van der Waals surface area contributed by atoms with Crippen molar-refractivity contribution in [3.63, 3.8) is 0 Å². The highest BCUT2D eigenvalue weighted by Crippen LogP contribution is 2.06. The molecule has 0 aliphatic heterocycles. The largest absolute Gasteiger partial charge is 0.480 e. The van der Waals surface area contributed by atoms with Crippen molar-refractivity contribution in [2.24, 2.45) is 17.4 Å². The lowest BCUT2D eigenvalue weighted by molar-refractivity contribution is -0.142. The molecule has 0 spiro atoms. The molecule has 4 amide bonds. The number of primary amides is 1. The van der Waals surface area contributed by atoms with Crippen molar-refractivity contribution in [3.8, 4) is 0 Å². The van der Waals surface area contributed by atoms with Gasteiger partial charge in [-0.25, -0.2) is 4.79 Å². The first kappa shape index (κ1) is 23.3. The highest BCUT2D eigenvalue weighted by atomic mass is 16.4. The smallest absolute Gasteiger partial charge is 0.326 e. The molecule has 8 N–H and O–H groups in total. The summed E-state index contributed by atoms with van der Waals surface area (Å²) in [6.07, 6.45) is -0.352. The van der Waals surface area contributed by atoms with Crippen LogP contribution < -0.4 is 27.4 Å². The molecule has 0 aliphatic rings. The molecule has 0 aromatic carbocycles. The number of carboxylic acid groups (broad SMARTS) is 1. The maximum Gasteiger partial charge on any atom is 0.326 e. The molecule has 0 bridgehead atoms. The second-order valence-electron chi connectivity index (χ2n) is 6.33. The van der Waals surface area contributed by atoms with Gasteiger partial charge in [-0.3, -0.25) is 19.2 Å². The number of nitrogens with one attached hydrogen (secondary N) is 3. The number of rotatable bonds is 11. The predicted octanol–water partition coefficient (Wildman–Crippen LogP) is -2.57. The van der Waals surface area contributed by atoms with Crippen molar-refractivity contribution in [3.05, 3.63) is 0 Å². The third kappa shape index (κ3) is 9.57. The van der Waals surface area contributed by atoms with Gasteiger partial charge in [0.1, 0.15) is 12.1 Å². The fourth-order valence-electron chi connectivity index (χ4n) is 1.95. The van der Waals surface area contributed by atoms with Gasteiger partial charge >= 0.3 is 5.97 Å². The minimum absolute atomic E-state index is 0.00551. The van der Waals surface area contributed by atoms with E-state index in [1.165, 1.54) is 6.92 Å². The minimum atomic E-state index is -1.36. The van der Waals surface area contributed by atoms with Gasteiger partial charge < -0.3 is 32.5 Å².